The van der Waals surface area contributed by atoms with Crippen LogP contribution in [-0.2, 0) is 9.59 Å². The lowest BCUT2D eigenvalue weighted by Crippen LogP contribution is -2.39. The number of para-hydroxylation sites is 2. The third-order valence-corrected chi connectivity index (χ3v) is 9.02. The number of nitrogens with zero attached hydrogens (tertiary/aromatic N) is 4. The minimum absolute atomic E-state index is 0.776. The molecule has 0 radical (unpaired) electrons. The summed E-state index contributed by atoms with van der Waals surface area (Å²) in [6.45, 7) is 15.4. The molecule has 268 valence electrons. The zero-order valence-electron chi connectivity index (χ0n) is 29.6. The number of benzene rings is 3. The minimum Gasteiger partial charge on any atom is -0.479 e. The number of carbonyl (C=O) groups is 2. The predicted molar refractivity (Wildman–Crippen MR) is 204 cm³/mol. The minimum atomic E-state index is -2.27. The number of rotatable bonds is 11. The van der Waals surface area contributed by atoms with Crippen LogP contribution in [-0.4, -0.2) is 111 Å². The quantitative estimate of drug-likeness (QED) is 0.165. The molecule has 12 heteroatoms. The summed E-state index contributed by atoms with van der Waals surface area (Å²) in [6.07, 6.45) is -3.76. The van der Waals surface area contributed by atoms with Crippen LogP contribution in [0.1, 0.15) is 46.6 Å². The van der Waals surface area contributed by atoms with Crippen molar-refractivity contribution in [1.82, 2.24) is 9.80 Å². The molecule has 0 spiro atoms. The van der Waals surface area contributed by atoms with E-state index in [1.807, 2.05) is 30.3 Å². The van der Waals surface area contributed by atoms with Crippen molar-refractivity contribution >= 4 is 57.6 Å². The van der Waals surface area contributed by atoms with E-state index in [0.717, 1.165) is 66.0 Å². The summed E-state index contributed by atoms with van der Waals surface area (Å²) in [4.78, 5) is 36.3. The van der Waals surface area contributed by atoms with Crippen molar-refractivity contribution in [2.75, 3.05) is 46.0 Å². The molecule has 2 unspecified atom stereocenters. The van der Waals surface area contributed by atoms with Crippen molar-refractivity contribution < 1.29 is 30.0 Å². The number of thioether (sulfide) groups is 1. The summed E-state index contributed by atoms with van der Waals surface area (Å²) in [6, 6.07) is 27.3. The fourth-order valence-corrected chi connectivity index (χ4v) is 5.20. The monoisotopic (exact) mass is 712 g/mol. The van der Waals surface area contributed by atoms with Crippen LogP contribution in [0.4, 0.5) is 11.4 Å². The van der Waals surface area contributed by atoms with Crippen LogP contribution < -0.4 is 0 Å². The second-order valence-electron chi connectivity index (χ2n) is 10.6. The van der Waals surface area contributed by atoms with Crippen molar-refractivity contribution in [3.05, 3.63) is 84.4 Å². The normalized spacial score (nSPS) is 13.0. The van der Waals surface area contributed by atoms with E-state index in [4.69, 9.17) is 30.4 Å². The van der Waals surface area contributed by atoms with E-state index in [-0.39, 0.29) is 0 Å². The molecule has 0 aromatic heterocycles. The first-order valence-corrected chi connectivity index (χ1v) is 18.1. The van der Waals surface area contributed by atoms with Gasteiger partial charge in [-0.25, -0.2) is 14.6 Å². The van der Waals surface area contributed by atoms with Crippen molar-refractivity contribution in [3.63, 3.8) is 0 Å². The molecule has 0 amide bonds. The fourth-order valence-electron chi connectivity index (χ4n) is 3.63. The Kier molecular flexibility index (Phi) is 21.8. The maximum Gasteiger partial charge on any atom is 0.335 e. The lowest BCUT2D eigenvalue weighted by atomic mass is 10.1. The van der Waals surface area contributed by atoms with E-state index in [9.17, 15) is 9.59 Å². The van der Waals surface area contributed by atoms with E-state index in [1.54, 1.807) is 23.5 Å². The van der Waals surface area contributed by atoms with Crippen molar-refractivity contribution in [2.45, 2.75) is 63.0 Å². The Bertz CT molecular complexity index is 1420. The average molecular weight is 713 g/mol. The number of carboxylic acids is 2. The largest absolute Gasteiger partial charge is 0.479 e. The highest BCUT2D eigenvalue weighted by molar-refractivity contribution is 8.14. The number of aliphatic hydroxyl groups excluding tert-OH is 2. The Morgan fingerprint density at radius 1 is 0.673 bits per heavy atom. The second kappa shape index (κ2) is 24.6. The molecular formula is C37H52N4O6S2. The van der Waals surface area contributed by atoms with Gasteiger partial charge in [0.15, 0.2) is 12.2 Å². The van der Waals surface area contributed by atoms with Gasteiger partial charge in [0, 0.05) is 16.2 Å². The first-order valence-electron chi connectivity index (χ1n) is 16.3. The molecule has 1 heterocycles. The lowest BCUT2D eigenvalue weighted by Gasteiger charge is -2.08. The molecular weight excluding hydrogens is 661 g/mol. The van der Waals surface area contributed by atoms with Gasteiger partial charge in [-0.1, -0.05) is 88.8 Å². The van der Waals surface area contributed by atoms with Crippen LogP contribution in [0.2, 0.25) is 0 Å². The number of aliphatic imine (C=N–C) groups is 2. The molecule has 3 aromatic rings. The first-order chi connectivity index (χ1) is 23.4. The van der Waals surface area contributed by atoms with E-state index in [2.05, 4.69) is 107 Å². The third kappa shape index (κ3) is 17.1. The van der Waals surface area contributed by atoms with E-state index in [1.165, 1.54) is 9.79 Å². The maximum atomic E-state index is 9.77. The summed E-state index contributed by atoms with van der Waals surface area (Å²) < 4.78 is 0. The zero-order valence-corrected chi connectivity index (χ0v) is 31.2. The molecule has 0 saturated heterocycles. The van der Waals surface area contributed by atoms with Gasteiger partial charge in [0.2, 0.25) is 0 Å². The van der Waals surface area contributed by atoms with Crippen molar-refractivity contribution in [1.29, 1.82) is 0 Å². The Hall–Kier alpha value is -3.52. The van der Waals surface area contributed by atoms with Gasteiger partial charge in [-0.3, -0.25) is 4.99 Å². The molecule has 10 nitrogen and oxygen atoms in total. The van der Waals surface area contributed by atoms with E-state index in [0.29, 0.717) is 0 Å². The molecule has 0 aliphatic carbocycles. The predicted octanol–water partition coefficient (Wildman–Crippen LogP) is 6.94. The molecule has 4 N–H and O–H groups in total. The summed E-state index contributed by atoms with van der Waals surface area (Å²) in [5.74, 6) is -2.52. The molecule has 49 heavy (non-hydrogen) atoms. The summed E-state index contributed by atoms with van der Waals surface area (Å²) in [5.41, 5.74) is 4.14. The molecule has 1 aliphatic heterocycles. The van der Waals surface area contributed by atoms with E-state index >= 15 is 0 Å². The van der Waals surface area contributed by atoms with Crippen molar-refractivity contribution in [2.24, 2.45) is 9.98 Å². The third-order valence-electron chi connectivity index (χ3n) is 7.14. The molecule has 2 atom stereocenters. The number of fused-ring (bicyclic) bond motifs is 1. The van der Waals surface area contributed by atoms with Gasteiger partial charge in [0.05, 0.1) is 22.1 Å². The van der Waals surface area contributed by atoms with Crippen LogP contribution in [0.5, 0.6) is 0 Å². The first kappa shape index (κ1) is 43.5. The number of aliphatic carboxylic acids is 2. The van der Waals surface area contributed by atoms with Gasteiger partial charge in [-0.2, -0.15) is 0 Å². The Morgan fingerprint density at radius 2 is 1.10 bits per heavy atom. The average Bonchev–Trinajstić information content (AvgIpc) is 3.31. The van der Waals surface area contributed by atoms with Crippen molar-refractivity contribution in [3.8, 4) is 0 Å². The lowest BCUT2D eigenvalue weighted by molar-refractivity contribution is -0.165. The number of carboxylic acid groups (broad SMARTS) is 2. The highest BCUT2D eigenvalue weighted by Gasteiger charge is 2.29. The zero-order chi connectivity index (χ0) is 36.8. The Balaban J connectivity index is 0.000000448. The summed E-state index contributed by atoms with van der Waals surface area (Å²) in [7, 11) is 4.22. The second-order valence-corrected chi connectivity index (χ2v) is 13.1. The number of hydrogen-bond acceptors (Lipinski definition) is 10. The molecule has 1 aliphatic rings. The summed E-state index contributed by atoms with van der Waals surface area (Å²) >= 11 is 3.57. The van der Waals surface area contributed by atoms with Crippen LogP contribution >= 0.6 is 23.5 Å². The van der Waals surface area contributed by atoms with Crippen LogP contribution in [0.15, 0.2) is 98.6 Å². The topological polar surface area (TPSA) is 146 Å². The van der Waals surface area contributed by atoms with Gasteiger partial charge in [-0.05, 0) is 88.0 Å². The Labute approximate surface area is 300 Å². The van der Waals surface area contributed by atoms with Crippen LogP contribution in [0.25, 0.3) is 0 Å². The van der Waals surface area contributed by atoms with Gasteiger partial charge in [-0.15, -0.1) is 11.8 Å². The van der Waals surface area contributed by atoms with Crippen LogP contribution in [0, 0.1) is 0 Å². The Morgan fingerprint density at radius 3 is 1.51 bits per heavy atom. The summed E-state index contributed by atoms with van der Waals surface area (Å²) in [5, 5.41) is 33.7. The van der Waals surface area contributed by atoms with Crippen LogP contribution in [0.3, 0.4) is 0 Å². The molecule has 0 fully saturated rings. The van der Waals surface area contributed by atoms with Gasteiger partial charge in [0.1, 0.15) is 0 Å². The molecule has 3 aromatic carbocycles. The fraction of sp³-hybridized carbons (Fsp3) is 0.405. The molecule has 0 bridgehead atoms. The SMILES string of the molecule is CCN(C)CC.CCN(C)CC.CCSC1=Nc2ccccc2N=C(c2ccc(Sc3ccccc3)cc2)C1.O=C(O)C(O)C(O)C(=O)O. The van der Waals surface area contributed by atoms with Gasteiger partial charge < -0.3 is 30.2 Å². The van der Waals surface area contributed by atoms with Gasteiger partial charge in [0.25, 0.3) is 0 Å². The highest BCUT2D eigenvalue weighted by Crippen LogP contribution is 2.34. The number of aliphatic hydroxyl groups is 2. The molecule has 0 saturated carbocycles. The molecule has 4 rings (SSSR count). The maximum absolute atomic E-state index is 9.77. The van der Waals surface area contributed by atoms with E-state index < -0.39 is 24.1 Å². The number of hydrogen-bond donors (Lipinski definition) is 4. The highest BCUT2D eigenvalue weighted by atomic mass is 32.2. The standard InChI is InChI=1S/C23H20N2S2.2C5H13N.C4H6O6/c1-2-26-23-16-22(24-20-10-6-7-11-21(20)25-23)17-12-14-19(15-13-17)27-18-8-4-3-5-9-18;2*1-4-6(3)5-2;5-1(3(7)8)2(6)4(9)10/h3-15H,2,16H2,1H3;2*4-5H2,1-3H3;1-2,5-6H,(H,7,8)(H,9,10). The van der Waals surface area contributed by atoms with Gasteiger partial charge >= 0.3 is 11.9 Å². The smallest absolute Gasteiger partial charge is 0.335 e.